The zero-order valence-electron chi connectivity index (χ0n) is 16.9. The van der Waals surface area contributed by atoms with E-state index in [9.17, 15) is 9.59 Å². The van der Waals surface area contributed by atoms with Crippen LogP contribution < -0.4 is 20.7 Å². The van der Waals surface area contributed by atoms with E-state index in [4.69, 9.17) is 4.74 Å². The van der Waals surface area contributed by atoms with E-state index in [0.29, 0.717) is 11.4 Å². The van der Waals surface area contributed by atoms with E-state index in [1.54, 1.807) is 6.07 Å². The monoisotopic (exact) mass is 383 g/mol. The number of anilines is 3. The quantitative estimate of drug-likeness (QED) is 0.595. The van der Waals surface area contributed by atoms with Crippen LogP contribution in [0.5, 0.6) is 5.75 Å². The van der Waals surface area contributed by atoms with E-state index in [1.807, 2.05) is 63.2 Å². The molecular formula is C22H29N3O3. The first-order valence-electron chi connectivity index (χ1n) is 9.58. The summed E-state index contributed by atoms with van der Waals surface area (Å²) >= 11 is 0. The van der Waals surface area contributed by atoms with Gasteiger partial charge in [0.25, 0.3) is 0 Å². The van der Waals surface area contributed by atoms with Gasteiger partial charge in [0, 0.05) is 23.0 Å². The molecule has 2 aromatic rings. The van der Waals surface area contributed by atoms with Gasteiger partial charge in [-0.3, -0.25) is 9.59 Å². The van der Waals surface area contributed by atoms with Gasteiger partial charge in [-0.1, -0.05) is 26.8 Å². The lowest BCUT2D eigenvalue weighted by Crippen LogP contribution is -2.22. The first-order chi connectivity index (χ1) is 13.4. The molecule has 3 N–H and O–H groups in total. The number of carbonyl (C=O) groups excluding carboxylic acids is 2. The summed E-state index contributed by atoms with van der Waals surface area (Å²) in [5.74, 6) is 0.484. The number of nitrogens with one attached hydrogen (secondary N) is 3. The Bertz CT molecular complexity index is 788. The number of hydrogen-bond acceptors (Lipinski definition) is 4. The van der Waals surface area contributed by atoms with Crippen molar-refractivity contribution in [2.24, 2.45) is 5.92 Å². The van der Waals surface area contributed by atoms with E-state index >= 15 is 0 Å². The van der Waals surface area contributed by atoms with Crippen molar-refractivity contribution in [2.75, 3.05) is 22.5 Å². The average molecular weight is 383 g/mol. The van der Waals surface area contributed by atoms with Crippen molar-refractivity contribution < 1.29 is 14.3 Å². The fraction of sp³-hybridized carbons (Fsp3) is 0.364. The van der Waals surface area contributed by atoms with Crippen molar-refractivity contribution in [1.82, 2.24) is 0 Å². The van der Waals surface area contributed by atoms with Crippen LogP contribution in [0.1, 0.15) is 34.1 Å². The Kier molecular flexibility index (Phi) is 7.87. The average Bonchev–Trinajstić information content (AvgIpc) is 2.68. The second-order valence-electron chi connectivity index (χ2n) is 6.99. The van der Waals surface area contributed by atoms with Crippen LogP contribution >= 0.6 is 0 Å². The Balaban J connectivity index is 1.84. The smallest absolute Gasteiger partial charge is 0.243 e. The fourth-order valence-corrected chi connectivity index (χ4v) is 2.31. The summed E-state index contributed by atoms with van der Waals surface area (Å²) in [7, 11) is 0. The van der Waals surface area contributed by atoms with Gasteiger partial charge in [0.15, 0.2) is 0 Å². The van der Waals surface area contributed by atoms with Crippen molar-refractivity contribution in [3.05, 3.63) is 48.5 Å². The molecule has 2 rings (SSSR count). The molecule has 0 aliphatic heterocycles. The third-order valence-corrected chi connectivity index (χ3v) is 4.16. The molecule has 0 spiro atoms. The van der Waals surface area contributed by atoms with E-state index in [0.717, 1.165) is 17.9 Å². The number of hydrogen-bond donors (Lipinski definition) is 3. The molecule has 6 nitrogen and oxygen atoms in total. The normalized spacial score (nSPS) is 11.6. The molecule has 0 aliphatic carbocycles. The lowest BCUT2D eigenvalue weighted by Gasteiger charge is -2.13. The highest BCUT2D eigenvalue weighted by Crippen LogP contribution is 2.18. The summed E-state index contributed by atoms with van der Waals surface area (Å²) in [6.45, 7) is 7.88. The summed E-state index contributed by atoms with van der Waals surface area (Å²) in [4.78, 5) is 24.0. The van der Waals surface area contributed by atoms with Crippen LogP contribution in [0.25, 0.3) is 0 Å². The topological polar surface area (TPSA) is 79.5 Å². The first-order valence-corrected chi connectivity index (χ1v) is 9.58. The molecule has 1 unspecified atom stereocenters. The summed E-state index contributed by atoms with van der Waals surface area (Å²) in [6.07, 6.45) is 1.10. The molecule has 2 amide bonds. The Labute approximate surface area is 166 Å². The molecule has 2 aromatic carbocycles. The van der Waals surface area contributed by atoms with Crippen molar-refractivity contribution in [2.45, 2.75) is 40.2 Å². The molecule has 1 atom stereocenters. The number of benzene rings is 2. The van der Waals surface area contributed by atoms with Crippen LogP contribution in [0.15, 0.2) is 48.5 Å². The van der Waals surface area contributed by atoms with E-state index < -0.39 is 0 Å². The van der Waals surface area contributed by atoms with Gasteiger partial charge in [-0.25, -0.2) is 0 Å². The van der Waals surface area contributed by atoms with Gasteiger partial charge in [-0.15, -0.1) is 0 Å². The van der Waals surface area contributed by atoms with E-state index in [-0.39, 0.29) is 30.4 Å². The summed E-state index contributed by atoms with van der Waals surface area (Å²) in [5, 5.41) is 8.75. The molecule has 0 saturated heterocycles. The highest BCUT2D eigenvalue weighted by Gasteiger charge is 2.08. The molecule has 0 aromatic heterocycles. The van der Waals surface area contributed by atoms with Gasteiger partial charge in [0.2, 0.25) is 11.8 Å². The van der Waals surface area contributed by atoms with Crippen LogP contribution in [-0.2, 0) is 9.59 Å². The van der Waals surface area contributed by atoms with Gasteiger partial charge >= 0.3 is 0 Å². The van der Waals surface area contributed by atoms with Gasteiger partial charge in [-0.2, -0.15) is 0 Å². The fourth-order valence-electron chi connectivity index (χ4n) is 2.31. The van der Waals surface area contributed by atoms with Crippen molar-refractivity contribution in [3.8, 4) is 5.75 Å². The highest BCUT2D eigenvalue weighted by atomic mass is 16.5. The van der Waals surface area contributed by atoms with Gasteiger partial charge in [0.1, 0.15) is 5.75 Å². The molecule has 150 valence electrons. The predicted octanol–water partition coefficient (Wildman–Crippen LogP) is 4.51. The molecule has 6 heteroatoms. The second-order valence-corrected chi connectivity index (χ2v) is 6.99. The first kappa shape index (κ1) is 21.3. The third kappa shape index (κ3) is 6.95. The molecular weight excluding hydrogens is 354 g/mol. The Morgan fingerprint density at radius 2 is 1.61 bits per heavy atom. The Hall–Kier alpha value is -3.02. The number of carbonyl (C=O) groups is 2. The summed E-state index contributed by atoms with van der Waals surface area (Å²) in [5.41, 5.74) is 2.16. The Morgan fingerprint density at radius 3 is 2.25 bits per heavy atom. The van der Waals surface area contributed by atoms with Crippen LogP contribution in [0.4, 0.5) is 17.1 Å². The lowest BCUT2D eigenvalue weighted by molar-refractivity contribution is -0.119. The zero-order chi connectivity index (χ0) is 20.5. The van der Waals surface area contributed by atoms with Gasteiger partial charge in [-0.05, 0) is 55.8 Å². The van der Waals surface area contributed by atoms with Crippen LogP contribution in [0.2, 0.25) is 0 Å². The molecule has 0 heterocycles. The predicted molar refractivity (Wildman–Crippen MR) is 114 cm³/mol. The maximum atomic E-state index is 12.2. The maximum absolute atomic E-state index is 12.2. The molecule has 0 saturated carbocycles. The molecule has 0 radical (unpaired) electrons. The molecule has 0 bridgehead atoms. The van der Waals surface area contributed by atoms with Crippen LogP contribution in [-0.4, -0.2) is 24.5 Å². The maximum Gasteiger partial charge on any atom is 0.243 e. The zero-order valence-corrected chi connectivity index (χ0v) is 16.9. The molecule has 28 heavy (non-hydrogen) atoms. The largest absolute Gasteiger partial charge is 0.491 e. The van der Waals surface area contributed by atoms with Crippen molar-refractivity contribution in [1.29, 1.82) is 0 Å². The summed E-state index contributed by atoms with van der Waals surface area (Å²) in [6, 6.07) is 14.6. The number of amides is 2. The number of ether oxygens (including phenoxy) is 1. The SMILES string of the molecule is CCC(C)Oc1ccc(NC(=O)CNc2cccc(NC(=O)C(C)C)c2)cc1. The molecule has 0 fully saturated rings. The van der Waals surface area contributed by atoms with Gasteiger partial charge in [0.05, 0.1) is 12.6 Å². The Morgan fingerprint density at radius 1 is 0.929 bits per heavy atom. The highest BCUT2D eigenvalue weighted by molar-refractivity contribution is 5.94. The minimum atomic E-state index is -0.160. The van der Waals surface area contributed by atoms with Crippen LogP contribution in [0.3, 0.4) is 0 Å². The minimum Gasteiger partial charge on any atom is -0.491 e. The lowest BCUT2D eigenvalue weighted by atomic mass is 10.2. The van der Waals surface area contributed by atoms with Gasteiger partial charge < -0.3 is 20.7 Å². The molecule has 0 aliphatic rings. The van der Waals surface area contributed by atoms with E-state index in [2.05, 4.69) is 22.9 Å². The van der Waals surface area contributed by atoms with Crippen molar-refractivity contribution >= 4 is 28.9 Å². The number of rotatable bonds is 9. The second kappa shape index (κ2) is 10.3. The van der Waals surface area contributed by atoms with Crippen LogP contribution in [0, 0.1) is 5.92 Å². The van der Waals surface area contributed by atoms with E-state index in [1.165, 1.54) is 0 Å². The standard InChI is InChI=1S/C22H29N3O3/c1-5-16(4)28-20-11-9-17(10-12-20)24-21(26)14-23-18-7-6-8-19(13-18)25-22(27)15(2)3/h6-13,15-16,23H,5,14H2,1-4H3,(H,24,26)(H,25,27). The minimum absolute atomic E-state index is 0.0457. The van der Waals surface area contributed by atoms with Crippen molar-refractivity contribution in [3.63, 3.8) is 0 Å². The summed E-state index contributed by atoms with van der Waals surface area (Å²) < 4.78 is 5.73. The third-order valence-electron chi connectivity index (χ3n) is 4.16.